The summed E-state index contributed by atoms with van der Waals surface area (Å²) in [6, 6.07) is 10.7. The van der Waals surface area contributed by atoms with Gasteiger partial charge in [-0.25, -0.2) is 18.5 Å². The SMILES string of the molecule is CCNC(=NCc1cccc(S(N)(=O)=O)c1)NCc1ccc(C)s1. The molecule has 0 amide bonds. The molecule has 0 saturated heterocycles. The molecule has 0 bridgehead atoms. The molecule has 0 aliphatic heterocycles. The van der Waals surface area contributed by atoms with Crippen LogP contribution in [-0.2, 0) is 23.1 Å². The van der Waals surface area contributed by atoms with Gasteiger partial charge in [-0.15, -0.1) is 11.3 Å². The predicted octanol–water partition coefficient (Wildman–Crippen LogP) is 1.96. The summed E-state index contributed by atoms with van der Waals surface area (Å²) in [7, 11) is -3.70. The molecule has 6 nitrogen and oxygen atoms in total. The van der Waals surface area contributed by atoms with Crippen molar-refractivity contribution < 1.29 is 8.42 Å². The van der Waals surface area contributed by atoms with Crippen LogP contribution in [0, 0.1) is 6.92 Å². The highest BCUT2D eigenvalue weighted by Crippen LogP contribution is 2.14. The Morgan fingerprint density at radius 1 is 1.25 bits per heavy atom. The van der Waals surface area contributed by atoms with Crippen LogP contribution < -0.4 is 15.8 Å². The summed E-state index contributed by atoms with van der Waals surface area (Å²) >= 11 is 1.74. The molecule has 1 aromatic heterocycles. The number of nitrogens with two attached hydrogens (primary N) is 1. The Morgan fingerprint density at radius 3 is 2.67 bits per heavy atom. The third kappa shape index (κ3) is 5.63. The van der Waals surface area contributed by atoms with Gasteiger partial charge in [-0.1, -0.05) is 12.1 Å². The number of nitrogens with zero attached hydrogens (tertiary/aromatic N) is 1. The lowest BCUT2D eigenvalue weighted by Crippen LogP contribution is -2.36. The molecule has 8 heteroatoms. The van der Waals surface area contributed by atoms with E-state index in [9.17, 15) is 8.42 Å². The van der Waals surface area contributed by atoms with Crippen molar-refractivity contribution in [1.82, 2.24) is 10.6 Å². The standard InChI is InChI=1S/C16H22N4O2S2/c1-3-18-16(20-11-14-8-7-12(2)23-14)19-10-13-5-4-6-15(9-13)24(17,21)22/h4-9H,3,10-11H2,1-2H3,(H2,17,21,22)(H2,18,19,20). The Morgan fingerprint density at radius 2 is 2.04 bits per heavy atom. The lowest BCUT2D eigenvalue weighted by molar-refractivity contribution is 0.597. The van der Waals surface area contributed by atoms with Crippen LogP contribution in [0.5, 0.6) is 0 Å². The van der Waals surface area contributed by atoms with Gasteiger partial charge in [-0.2, -0.15) is 0 Å². The van der Waals surface area contributed by atoms with Crippen LogP contribution in [0.4, 0.5) is 0 Å². The maximum Gasteiger partial charge on any atom is 0.238 e. The third-order valence-electron chi connectivity index (χ3n) is 3.22. The minimum absolute atomic E-state index is 0.0993. The smallest absolute Gasteiger partial charge is 0.238 e. The monoisotopic (exact) mass is 366 g/mol. The number of nitrogens with one attached hydrogen (secondary N) is 2. The van der Waals surface area contributed by atoms with Crippen LogP contribution >= 0.6 is 11.3 Å². The molecule has 130 valence electrons. The van der Waals surface area contributed by atoms with Crippen molar-refractivity contribution in [3.05, 3.63) is 51.7 Å². The highest BCUT2D eigenvalue weighted by atomic mass is 32.2. The van der Waals surface area contributed by atoms with Gasteiger partial charge in [-0.05, 0) is 43.7 Å². The quantitative estimate of drug-likeness (QED) is 0.538. The molecule has 0 atom stereocenters. The van der Waals surface area contributed by atoms with Gasteiger partial charge in [0.2, 0.25) is 10.0 Å². The van der Waals surface area contributed by atoms with E-state index in [2.05, 4.69) is 34.7 Å². The molecular weight excluding hydrogens is 344 g/mol. The number of sulfonamides is 1. The van der Waals surface area contributed by atoms with Gasteiger partial charge in [0.25, 0.3) is 0 Å². The molecule has 0 saturated carbocycles. The van der Waals surface area contributed by atoms with E-state index in [0.29, 0.717) is 19.0 Å². The minimum atomic E-state index is -3.70. The van der Waals surface area contributed by atoms with Crippen molar-refractivity contribution in [2.24, 2.45) is 10.1 Å². The van der Waals surface area contributed by atoms with Gasteiger partial charge in [0.1, 0.15) is 0 Å². The highest BCUT2D eigenvalue weighted by Gasteiger charge is 2.08. The van der Waals surface area contributed by atoms with E-state index in [1.165, 1.54) is 15.8 Å². The number of thiophene rings is 1. The zero-order chi connectivity index (χ0) is 17.6. The molecule has 24 heavy (non-hydrogen) atoms. The average molecular weight is 367 g/mol. The molecule has 2 rings (SSSR count). The van der Waals surface area contributed by atoms with Crippen molar-refractivity contribution in [3.63, 3.8) is 0 Å². The first-order valence-corrected chi connectivity index (χ1v) is 9.94. The van der Waals surface area contributed by atoms with Crippen molar-refractivity contribution in [3.8, 4) is 0 Å². The summed E-state index contributed by atoms with van der Waals surface area (Å²) in [6.07, 6.45) is 0. The summed E-state index contributed by atoms with van der Waals surface area (Å²) in [5.41, 5.74) is 0.783. The van der Waals surface area contributed by atoms with E-state index in [0.717, 1.165) is 12.1 Å². The van der Waals surface area contributed by atoms with Crippen molar-refractivity contribution in [1.29, 1.82) is 0 Å². The van der Waals surface area contributed by atoms with E-state index in [4.69, 9.17) is 5.14 Å². The minimum Gasteiger partial charge on any atom is -0.357 e. The molecule has 0 unspecified atom stereocenters. The summed E-state index contributed by atoms with van der Waals surface area (Å²) in [5, 5.41) is 11.6. The Labute approximate surface area is 146 Å². The fraction of sp³-hybridized carbons (Fsp3) is 0.312. The fourth-order valence-corrected chi connectivity index (χ4v) is 3.50. The number of aryl methyl sites for hydroxylation is 1. The molecule has 1 heterocycles. The first-order valence-electron chi connectivity index (χ1n) is 7.57. The van der Waals surface area contributed by atoms with Crippen LogP contribution in [0.3, 0.4) is 0 Å². The summed E-state index contributed by atoms with van der Waals surface area (Å²) in [4.78, 5) is 7.09. The summed E-state index contributed by atoms with van der Waals surface area (Å²) in [6.45, 7) is 5.87. The van der Waals surface area contributed by atoms with Crippen LogP contribution in [0.25, 0.3) is 0 Å². The molecule has 0 fully saturated rings. The number of rotatable bonds is 6. The highest BCUT2D eigenvalue weighted by molar-refractivity contribution is 7.89. The molecular formula is C16H22N4O2S2. The van der Waals surface area contributed by atoms with Crippen molar-refractivity contribution >= 4 is 27.3 Å². The molecule has 0 aliphatic rings. The van der Waals surface area contributed by atoms with Gasteiger partial charge in [0.15, 0.2) is 5.96 Å². The molecule has 2 aromatic rings. The Kier molecular flexibility index (Phi) is 6.36. The Hall–Kier alpha value is -1.90. The number of benzene rings is 1. The lowest BCUT2D eigenvalue weighted by atomic mass is 10.2. The second kappa shape index (κ2) is 8.27. The van der Waals surface area contributed by atoms with E-state index in [1.54, 1.807) is 23.5 Å². The first-order chi connectivity index (χ1) is 11.4. The summed E-state index contributed by atoms with van der Waals surface area (Å²) < 4.78 is 22.8. The lowest BCUT2D eigenvalue weighted by Gasteiger charge is -2.10. The predicted molar refractivity (Wildman–Crippen MR) is 98.5 cm³/mol. The third-order valence-corrected chi connectivity index (χ3v) is 5.13. The number of primary sulfonamides is 1. The first kappa shape index (κ1) is 18.4. The van der Waals surface area contributed by atoms with E-state index in [-0.39, 0.29) is 4.90 Å². The van der Waals surface area contributed by atoms with E-state index in [1.807, 2.05) is 13.0 Å². The molecule has 0 aliphatic carbocycles. The summed E-state index contributed by atoms with van der Waals surface area (Å²) in [5.74, 6) is 0.685. The van der Waals surface area contributed by atoms with Gasteiger partial charge in [0.05, 0.1) is 18.0 Å². The second-order valence-electron chi connectivity index (χ2n) is 5.25. The van der Waals surface area contributed by atoms with Crippen LogP contribution in [0.2, 0.25) is 0 Å². The Balaban J connectivity index is 2.05. The largest absolute Gasteiger partial charge is 0.357 e. The second-order valence-corrected chi connectivity index (χ2v) is 8.19. The van der Waals surface area contributed by atoms with Crippen molar-refractivity contribution in [2.75, 3.05) is 6.54 Å². The number of hydrogen-bond donors (Lipinski definition) is 3. The van der Waals surface area contributed by atoms with Crippen LogP contribution in [-0.4, -0.2) is 20.9 Å². The zero-order valence-electron chi connectivity index (χ0n) is 13.7. The fourth-order valence-electron chi connectivity index (χ4n) is 2.08. The van der Waals surface area contributed by atoms with E-state index < -0.39 is 10.0 Å². The molecule has 4 N–H and O–H groups in total. The number of hydrogen-bond acceptors (Lipinski definition) is 4. The van der Waals surface area contributed by atoms with Gasteiger partial charge in [0, 0.05) is 16.3 Å². The Bertz CT molecular complexity index is 813. The van der Waals surface area contributed by atoms with Gasteiger partial charge in [-0.3, -0.25) is 0 Å². The topological polar surface area (TPSA) is 96.6 Å². The van der Waals surface area contributed by atoms with Crippen LogP contribution in [0.15, 0.2) is 46.3 Å². The maximum atomic E-state index is 11.4. The van der Waals surface area contributed by atoms with Gasteiger partial charge < -0.3 is 10.6 Å². The molecule has 0 radical (unpaired) electrons. The number of aliphatic imine (C=N–C) groups is 1. The van der Waals surface area contributed by atoms with Crippen LogP contribution in [0.1, 0.15) is 22.2 Å². The maximum absolute atomic E-state index is 11.4. The zero-order valence-corrected chi connectivity index (χ0v) is 15.4. The van der Waals surface area contributed by atoms with Crippen molar-refractivity contribution in [2.45, 2.75) is 31.8 Å². The van der Waals surface area contributed by atoms with E-state index >= 15 is 0 Å². The number of guanidine groups is 1. The van der Waals surface area contributed by atoms with Gasteiger partial charge >= 0.3 is 0 Å². The average Bonchev–Trinajstić information content (AvgIpc) is 2.95. The molecule has 0 spiro atoms. The molecule has 1 aromatic carbocycles. The normalized spacial score (nSPS) is 12.2.